The zero-order valence-corrected chi connectivity index (χ0v) is 16.4. The Kier molecular flexibility index (Phi) is 6.11. The molecule has 0 heterocycles. The second-order valence-electron chi connectivity index (χ2n) is 6.26. The van der Waals surface area contributed by atoms with E-state index in [2.05, 4.69) is 5.32 Å². The average Bonchev–Trinajstić information content (AvgIpc) is 2.73. The fourth-order valence-corrected chi connectivity index (χ4v) is 4.21. The van der Waals surface area contributed by atoms with Gasteiger partial charge < -0.3 is 5.32 Å². The van der Waals surface area contributed by atoms with E-state index in [0.717, 1.165) is 16.3 Å². The molecule has 0 unspecified atom stereocenters. The first-order valence-corrected chi connectivity index (χ1v) is 10.5. The van der Waals surface area contributed by atoms with E-state index < -0.39 is 15.9 Å². The van der Waals surface area contributed by atoms with Gasteiger partial charge in [-0.15, -0.1) is 0 Å². The summed E-state index contributed by atoms with van der Waals surface area (Å²) in [5.41, 5.74) is 2.10. The Morgan fingerprint density at radius 3 is 2.00 bits per heavy atom. The number of sulfonamides is 1. The van der Waals surface area contributed by atoms with Crippen LogP contribution >= 0.6 is 0 Å². The number of nitrogens with zero attached hydrogens (tertiary/aromatic N) is 1. The first kappa shape index (κ1) is 19.6. The lowest BCUT2D eigenvalue weighted by atomic mass is 10.2. The predicted octanol–water partition coefficient (Wildman–Crippen LogP) is 4.08. The SMILES string of the molecule is CCc1ccc(S(=O)(=O)N(CC(=O)Nc2ccccc2)c2ccccc2)cc1. The smallest absolute Gasteiger partial charge is 0.264 e. The lowest BCUT2D eigenvalue weighted by molar-refractivity contribution is -0.114. The van der Waals surface area contributed by atoms with Gasteiger partial charge in [-0.25, -0.2) is 8.42 Å². The van der Waals surface area contributed by atoms with Gasteiger partial charge >= 0.3 is 0 Å². The summed E-state index contributed by atoms with van der Waals surface area (Å²) in [6.07, 6.45) is 0.822. The number of para-hydroxylation sites is 2. The van der Waals surface area contributed by atoms with E-state index in [9.17, 15) is 13.2 Å². The van der Waals surface area contributed by atoms with Crippen LogP contribution in [0.25, 0.3) is 0 Å². The second kappa shape index (κ2) is 8.71. The third-order valence-electron chi connectivity index (χ3n) is 4.31. The van der Waals surface area contributed by atoms with Crippen LogP contribution in [-0.2, 0) is 21.2 Å². The molecule has 3 aromatic carbocycles. The van der Waals surface area contributed by atoms with E-state index in [1.54, 1.807) is 78.9 Å². The van der Waals surface area contributed by atoms with Gasteiger partial charge in [0.1, 0.15) is 6.54 Å². The van der Waals surface area contributed by atoms with Crippen molar-refractivity contribution in [2.24, 2.45) is 0 Å². The number of carbonyl (C=O) groups is 1. The summed E-state index contributed by atoms with van der Waals surface area (Å²) in [7, 11) is -3.89. The number of hydrogen-bond donors (Lipinski definition) is 1. The summed E-state index contributed by atoms with van der Waals surface area (Å²) in [5, 5.41) is 2.74. The fraction of sp³-hybridized carbons (Fsp3) is 0.136. The molecule has 0 spiro atoms. The zero-order valence-electron chi connectivity index (χ0n) is 15.6. The number of carbonyl (C=O) groups excluding carboxylic acids is 1. The Morgan fingerprint density at radius 2 is 1.43 bits per heavy atom. The molecular formula is C22H22N2O3S. The number of anilines is 2. The van der Waals surface area contributed by atoms with E-state index >= 15 is 0 Å². The normalized spacial score (nSPS) is 11.0. The van der Waals surface area contributed by atoms with E-state index in [4.69, 9.17) is 0 Å². The first-order valence-electron chi connectivity index (χ1n) is 9.02. The highest BCUT2D eigenvalue weighted by Crippen LogP contribution is 2.24. The highest BCUT2D eigenvalue weighted by atomic mass is 32.2. The van der Waals surface area contributed by atoms with Gasteiger partial charge in [-0.2, -0.15) is 0 Å². The number of amides is 1. The van der Waals surface area contributed by atoms with Gasteiger partial charge in [-0.3, -0.25) is 9.10 Å². The zero-order chi connectivity index (χ0) is 20.0. The number of benzene rings is 3. The average molecular weight is 394 g/mol. The van der Waals surface area contributed by atoms with Gasteiger partial charge in [0.15, 0.2) is 0 Å². The first-order chi connectivity index (χ1) is 13.5. The minimum Gasteiger partial charge on any atom is -0.325 e. The maximum absolute atomic E-state index is 13.3. The van der Waals surface area contributed by atoms with Crippen molar-refractivity contribution >= 4 is 27.3 Å². The summed E-state index contributed by atoms with van der Waals surface area (Å²) in [6.45, 7) is 1.68. The predicted molar refractivity (Wildman–Crippen MR) is 112 cm³/mol. The summed E-state index contributed by atoms with van der Waals surface area (Å²) in [6, 6.07) is 24.3. The second-order valence-corrected chi connectivity index (χ2v) is 8.12. The lowest BCUT2D eigenvalue weighted by Crippen LogP contribution is -2.38. The molecule has 0 aliphatic carbocycles. The fourth-order valence-electron chi connectivity index (χ4n) is 2.79. The summed E-state index contributed by atoms with van der Waals surface area (Å²) in [4.78, 5) is 12.7. The molecule has 3 rings (SSSR count). The van der Waals surface area contributed by atoms with Crippen LogP contribution in [0, 0.1) is 0 Å². The number of nitrogens with one attached hydrogen (secondary N) is 1. The van der Waals surface area contributed by atoms with Crippen LogP contribution in [0.2, 0.25) is 0 Å². The van der Waals surface area contributed by atoms with Crippen LogP contribution in [-0.4, -0.2) is 20.9 Å². The molecule has 0 fully saturated rings. The van der Waals surface area contributed by atoms with E-state index in [1.807, 2.05) is 13.0 Å². The van der Waals surface area contributed by atoms with Crippen molar-refractivity contribution in [1.82, 2.24) is 0 Å². The number of rotatable bonds is 7. The molecule has 1 amide bonds. The van der Waals surface area contributed by atoms with E-state index in [-0.39, 0.29) is 11.4 Å². The molecule has 6 heteroatoms. The molecule has 0 saturated carbocycles. The van der Waals surface area contributed by atoms with Crippen LogP contribution in [0.3, 0.4) is 0 Å². The van der Waals surface area contributed by atoms with Crippen LogP contribution in [0.1, 0.15) is 12.5 Å². The van der Waals surface area contributed by atoms with Crippen LogP contribution in [0.4, 0.5) is 11.4 Å². The quantitative estimate of drug-likeness (QED) is 0.657. The molecule has 0 aliphatic rings. The molecule has 0 saturated heterocycles. The molecule has 0 aromatic heterocycles. The maximum atomic E-state index is 13.3. The molecule has 28 heavy (non-hydrogen) atoms. The van der Waals surface area contributed by atoms with Crippen molar-refractivity contribution in [3.8, 4) is 0 Å². The summed E-state index contributed by atoms with van der Waals surface area (Å²) >= 11 is 0. The van der Waals surface area contributed by atoms with Gasteiger partial charge in [0.05, 0.1) is 10.6 Å². The largest absolute Gasteiger partial charge is 0.325 e. The van der Waals surface area contributed by atoms with Crippen molar-refractivity contribution in [3.05, 3.63) is 90.5 Å². The van der Waals surface area contributed by atoms with Gasteiger partial charge in [0, 0.05) is 5.69 Å². The number of aryl methyl sites for hydroxylation is 1. The Bertz CT molecular complexity index is 1020. The monoisotopic (exact) mass is 394 g/mol. The van der Waals surface area contributed by atoms with E-state index in [1.165, 1.54) is 0 Å². The minimum absolute atomic E-state index is 0.154. The highest BCUT2D eigenvalue weighted by molar-refractivity contribution is 7.92. The molecule has 144 valence electrons. The molecule has 0 atom stereocenters. The van der Waals surface area contributed by atoms with Crippen molar-refractivity contribution in [1.29, 1.82) is 0 Å². The Labute approximate surface area is 165 Å². The lowest BCUT2D eigenvalue weighted by Gasteiger charge is -2.24. The molecule has 0 bridgehead atoms. The molecule has 3 aromatic rings. The Morgan fingerprint density at radius 1 is 0.857 bits per heavy atom. The van der Waals surface area contributed by atoms with Crippen LogP contribution in [0.15, 0.2) is 89.8 Å². The Hall–Kier alpha value is -3.12. The van der Waals surface area contributed by atoms with Crippen molar-refractivity contribution < 1.29 is 13.2 Å². The van der Waals surface area contributed by atoms with Crippen molar-refractivity contribution in [2.45, 2.75) is 18.2 Å². The summed E-state index contributed by atoms with van der Waals surface area (Å²) in [5.74, 6) is -0.413. The van der Waals surface area contributed by atoms with Crippen molar-refractivity contribution in [2.75, 3.05) is 16.2 Å². The third-order valence-corrected chi connectivity index (χ3v) is 6.10. The van der Waals surface area contributed by atoms with Gasteiger partial charge in [-0.1, -0.05) is 55.5 Å². The third kappa shape index (κ3) is 4.58. The Balaban J connectivity index is 1.91. The van der Waals surface area contributed by atoms with Gasteiger partial charge in [-0.05, 0) is 48.4 Å². The summed E-state index contributed by atoms with van der Waals surface area (Å²) < 4.78 is 27.7. The molecule has 5 nitrogen and oxygen atoms in total. The molecule has 1 N–H and O–H groups in total. The number of hydrogen-bond acceptors (Lipinski definition) is 3. The topological polar surface area (TPSA) is 66.5 Å². The van der Waals surface area contributed by atoms with Gasteiger partial charge in [0.2, 0.25) is 5.91 Å². The molecule has 0 radical (unpaired) electrons. The van der Waals surface area contributed by atoms with Crippen LogP contribution < -0.4 is 9.62 Å². The van der Waals surface area contributed by atoms with E-state index in [0.29, 0.717) is 11.4 Å². The van der Waals surface area contributed by atoms with Gasteiger partial charge in [0.25, 0.3) is 10.0 Å². The maximum Gasteiger partial charge on any atom is 0.264 e. The standard InChI is InChI=1S/C22H22N2O3S/c1-2-18-13-15-21(16-14-18)28(26,27)24(20-11-7-4-8-12-20)17-22(25)23-19-9-5-3-6-10-19/h3-16H,2,17H2,1H3,(H,23,25). The molecular weight excluding hydrogens is 372 g/mol. The van der Waals surface area contributed by atoms with Crippen molar-refractivity contribution in [3.63, 3.8) is 0 Å². The molecule has 0 aliphatic heterocycles. The van der Waals surface area contributed by atoms with Crippen LogP contribution in [0.5, 0.6) is 0 Å². The highest BCUT2D eigenvalue weighted by Gasteiger charge is 2.27. The minimum atomic E-state index is -3.89.